The van der Waals surface area contributed by atoms with Crippen LogP contribution in [0.2, 0.25) is 0 Å². The third-order valence-corrected chi connectivity index (χ3v) is 10.3. The Hall–Kier alpha value is -7.22. The molecule has 0 bridgehead atoms. The highest BCUT2D eigenvalue weighted by molar-refractivity contribution is 5.98. The molecule has 1 nitrogen and oxygen atoms in total. The van der Waals surface area contributed by atoms with E-state index >= 15 is 0 Å². The van der Waals surface area contributed by atoms with Crippen molar-refractivity contribution in [2.24, 2.45) is 0 Å². The average molecular weight is 702 g/mol. The van der Waals surface area contributed by atoms with Crippen LogP contribution in [0.25, 0.3) is 66.8 Å². The Morgan fingerprint density at radius 3 is 0.873 bits per heavy atom. The fourth-order valence-electron chi connectivity index (χ4n) is 7.67. The minimum absolute atomic E-state index is 1.08. The quantitative estimate of drug-likeness (QED) is 0.145. The molecule has 0 aromatic heterocycles. The van der Waals surface area contributed by atoms with E-state index in [4.69, 9.17) is 0 Å². The zero-order chi connectivity index (χ0) is 36.8. The van der Waals surface area contributed by atoms with Gasteiger partial charge in [-0.25, -0.2) is 0 Å². The third kappa shape index (κ3) is 6.88. The van der Waals surface area contributed by atoms with Crippen molar-refractivity contribution in [2.75, 3.05) is 4.90 Å². The molecule has 1 heteroatoms. The van der Waals surface area contributed by atoms with Gasteiger partial charge < -0.3 is 4.90 Å². The topological polar surface area (TPSA) is 3.24 Å². The maximum absolute atomic E-state index is 2.43. The zero-order valence-corrected chi connectivity index (χ0v) is 30.5. The zero-order valence-electron chi connectivity index (χ0n) is 30.5. The highest BCUT2D eigenvalue weighted by atomic mass is 15.1. The van der Waals surface area contributed by atoms with Crippen LogP contribution in [0.1, 0.15) is 0 Å². The van der Waals surface area contributed by atoms with Gasteiger partial charge in [0.1, 0.15) is 0 Å². The second-order valence-electron chi connectivity index (χ2n) is 13.7. The monoisotopic (exact) mass is 701 g/mol. The molecule has 0 amide bonds. The highest BCUT2D eigenvalue weighted by Gasteiger charge is 2.22. The fraction of sp³-hybridized carbons (Fsp3) is 0. The molecule has 260 valence electrons. The van der Waals surface area contributed by atoms with Crippen LogP contribution in [-0.2, 0) is 0 Å². The van der Waals surface area contributed by atoms with Gasteiger partial charge in [0.25, 0.3) is 0 Å². The van der Waals surface area contributed by atoms with E-state index in [0.29, 0.717) is 0 Å². The smallest absolute Gasteiger partial charge is 0.0618 e. The molecule has 9 aromatic rings. The maximum atomic E-state index is 2.43. The van der Waals surface area contributed by atoms with E-state index < -0.39 is 0 Å². The summed E-state index contributed by atoms with van der Waals surface area (Å²) in [5.74, 6) is 0. The number of hydrogen-bond donors (Lipinski definition) is 0. The molecular weight excluding hydrogens is 663 g/mol. The summed E-state index contributed by atoms with van der Waals surface area (Å²) in [5.41, 5.74) is 17.6. The summed E-state index contributed by atoms with van der Waals surface area (Å²) in [6.07, 6.45) is 0. The van der Waals surface area contributed by atoms with E-state index in [1.54, 1.807) is 0 Å². The summed E-state index contributed by atoms with van der Waals surface area (Å²) < 4.78 is 0. The van der Waals surface area contributed by atoms with Crippen LogP contribution in [0.15, 0.2) is 237 Å². The van der Waals surface area contributed by atoms with Gasteiger partial charge in [-0.1, -0.05) is 212 Å². The first-order valence-electron chi connectivity index (χ1n) is 18.9. The molecule has 0 fully saturated rings. The number of hydrogen-bond acceptors (Lipinski definition) is 1. The summed E-state index contributed by atoms with van der Waals surface area (Å²) in [6, 6.07) is 85.0. The number of nitrogens with zero attached hydrogens (tertiary/aromatic N) is 1. The summed E-state index contributed by atoms with van der Waals surface area (Å²) in [5, 5.41) is 0. The van der Waals surface area contributed by atoms with Crippen molar-refractivity contribution in [2.45, 2.75) is 0 Å². The van der Waals surface area contributed by atoms with Gasteiger partial charge in [0.15, 0.2) is 0 Å². The Morgan fingerprint density at radius 2 is 0.455 bits per heavy atom. The first-order chi connectivity index (χ1) is 27.3. The average Bonchev–Trinajstić information content (AvgIpc) is 3.28. The molecule has 0 N–H and O–H groups in total. The lowest BCUT2D eigenvalue weighted by molar-refractivity contribution is 1.28. The molecule has 9 aromatic carbocycles. The number of benzene rings is 9. The van der Waals surface area contributed by atoms with Crippen LogP contribution in [0.5, 0.6) is 0 Å². The van der Waals surface area contributed by atoms with Crippen LogP contribution in [-0.4, -0.2) is 0 Å². The molecule has 0 radical (unpaired) electrons. The Bertz CT molecular complexity index is 2590. The van der Waals surface area contributed by atoms with Crippen LogP contribution in [0, 0.1) is 0 Å². The van der Waals surface area contributed by atoms with Crippen molar-refractivity contribution in [3.05, 3.63) is 237 Å². The Labute approximate surface area is 324 Å². The van der Waals surface area contributed by atoms with E-state index in [9.17, 15) is 0 Å². The lowest BCUT2D eigenvalue weighted by atomic mass is 9.89. The van der Waals surface area contributed by atoms with E-state index in [1.807, 2.05) is 0 Å². The minimum Gasteiger partial charge on any atom is -0.309 e. The largest absolute Gasteiger partial charge is 0.309 e. The molecule has 9 rings (SSSR count). The molecule has 55 heavy (non-hydrogen) atoms. The van der Waals surface area contributed by atoms with Gasteiger partial charge in [0, 0.05) is 22.5 Å². The predicted molar refractivity (Wildman–Crippen MR) is 234 cm³/mol. The van der Waals surface area contributed by atoms with E-state index in [1.165, 1.54) is 66.8 Å². The Kier molecular flexibility index (Phi) is 9.41. The molecule has 0 saturated heterocycles. The Morgan fingerprint density at radius 1 is 0.182 bits per heavy atom. The summed E-state index contributed by atoms with van der Waals surface area (Å²) in [7, 11) is 0. The van der Waals surface area contributed by atoms with Gasteiger partial charge in [-0.3, -0.25) is 0 Å². The molecule has 0 spiro atoms. The summed E-state index contributed by atoms with van der Waals surface area (Å²) in [4.78, 5) is 2.43. The van der Waals surface area contributed by atoms with Gasteiger partial charge in [0.2, 0.25) is 0 Å². The number of rotatable bonds is 9. The van der Waals surface area contributed by atoms with E-state index in [-0.39, 0.29) is 0 Å². The van der Waals surface area contributed by atoms with Crippen molar-refractivity contribution in [1.82, 2.24) is 0 Å². The summed E-state index contributed by atoms with van der Waals surface area (Å²) >= 11 is 0. The lowest BCUT2D eigenvalue weighted by Crippen LogP contribution is -2.12. The second-order valence-corrected chi connectivity index (χ2v) is 13.7. The standard InChI is InChI=1S/C54H39N/c1-5-18-40(19-6-1)41-32-36-46(37-33-41)55(54-50(43-22-9-3-10-23-43)30-17-31-51(54)44-24-11-4-12-25-44)47-38-34-45(35-39-47)49-27-14-16-29-53(49)52-28-15-13-26-48(52)42-20-7-2-8-21-42/h1-39H. The summed E-state index contributed by atoms with van der Waals surface area (Å²) in [6.45, 7) is 0. The molecule has 0 aliphatic carbocycles. The predicted octanol–water partition coefficient (Wildman–Crippen LogP) is 15.2. The van der Waals surface area contributed by atoms with Crippen molar-refractivity contribution >= 4 is 17.1 Å². The molecule has 0 aliphatic heterocycles. The number of anilines is 3. The van der Waals surface area contributed by atoms with Gasteiger partial charge in [-0.15, -0.1) is 0 Å². The van der Waals surface area contributed by atoms with Crippen molar-refractivity contribution < 1.29 is 0 Å². The van der Waals surface area contributed by atoms with Crippen LogP contribution >= 0.6 is 0 Å². The molecular formula is C54H39N. The lowest BCUT2D eigenvalue weighted by Gasteiger charge is -2.31. The normalized spacial score (nSPS) is 10.9. The third-order valence-electron chi connectivity index (χ3n) is 10.3. The van der Waals surface area contributed by atoms with E-state index in [0.717, 1.165) is 17.1 Å². The van der Waals surface area contributed by atoms with Crippen molar-refractivity contribution in [3.63, 3.8) is 0 Å². The van der Waals surface area contributed by atoms with Crippen LogP contribution in [0.3, 0.4) is 0 Å². The van der Waals surface area contributed by atoms with Crippen molar-refractivity contribution in [1.29, 1.82) is 0 Å². The maximum Gasteiger partial charge on any atom is 0.0618 e. The molecule has 0 atom stereocenters. The van der Waals surface area contributed by atoms with Gasteiger partial charge in [0.05, 0.1) is 5.69 Å². The molecule has 0 unspecified atom stereocenters. The van der Waals surface area contributed by atoms with E-state index in [2.05, 4.69) is 241 Å². The first-order valence-corrected chi connectivity index (χ1v) is 18.9. The number of para-hydroxylation sites is 1. The van der Waals surface area contributed by atoms with Gasteiger partial charge in [-0.2, -0.15) is 0 Å². The molecule has 0 heterocycles. The molecule has 0 saturated carbocycles. The van der Waals surface area contributed by atoms with Crippen LogP contribution < -0.4 is 4.90 Å². The Balaban J connectivity index is 1.21. The second kappa shape index (κ2) is 15.4. The fourth-order valence-corrected chi connectivity index (χ4v) is 7.67. The molecule has 0 aliphatic rings. The van der Waals surface area contributed by atoms with Crippen molar-refractivity contribution in [3.8, 4) is 66.8 Å². The first kappa shape index (κ1) is 33.6. The minimum atomic E-state index is 1.08. The highest BCUT2D eigenvalue weighted by Crippen LogP contribution is 2.47. The van der Waals surface area contributed by atoms with Gasteiger partial charge in [-0.05, 0) is 79.9 Å². The SMILES string of the molecule is c1ccc(-c2ccc(N(c3ccc(-c4ccccc4-c4ccccc4-c4ccccc4)cc3)c3c(-c4ccccc4)cccc3-c3ccccc3)cc2)cc1. The van der Waals surface area contributed by atoms with Gasteiger partial charge >= 0.3 is 0 Å². The van der Waals surface area contributed by atoms with Crippen LogP contribution in [0.4, 0.5) is 17.1 Å².